The topological polar surface area (TPSA) is 64.6 Å². The van der Waals surface area contributed by atoms with Gasteiger partial charge in [0.1, 0.15) is 0 Å². The summed E-state index contributed by atoms with van der Waals surface area (Å²) in [6, 6.07) is 7.55. The van der Waals surface area contributed by atoms with Crippen LogP contribution in [0.15, 0.2) is 41.3 Å². The second-order valence-corrected chi connectivity index (χ2v) is 7.65. The van der Waals surface area contributed by atoms with E-state index in [4.69, 9.17) is 21.1 Å². The van der Waals surface area contributed by atoms with E-state index in [0.717, 1.165) is 17.7 Å². The molecule has 0 unspecified atom stereocenters. The van der Waals surface area contributed by atoms with Gasteiger partial charge in [-0.1, -0.05) is 17.7 Å². The molecule has 0 aliphatic heterocycles. The van der Waals surface area contributed by atoms with Crippen molar-refractivity contribution in [3.63, 3.8) is 0 Å². The SMILES string of the molecule is COc1ccc(CCNS(=O)(=O)c2ccc(Cl)cc2C(F)(F)F)cc1OC. The summed E-state index contributed by atoms with van der Waals surface area (Å²) in [6.45, 7) is -0.0995. The minimum Gasteiger partial charge on any atom is -0.493 e. The Morgan fingerprint density at radius 2 is 1.70 bits per heavy atom. The monoisotopic (exact) mass is 423 g/mol. The lowest BCUT2D eigenvalue weighted by Gasteiger charge is -2.14. The molecule has 5 nitrogen and oxygen atoms in total. The fourth-order valence-electron chi connectivity index (χ4n) is 2.40. The van der Waals surface area contributed by atoms with Crippen LogP contribution in [0.2, 0.25) is 5.02 Å². The highest BCUT2D eigenvalue weighted by Crippen LogP contribution is 2.35. The van der Waals surface area contributed by atoms with Crippen molar-refractivity contribution in [1.29, 1.82) is 0 Å². The summed E-state index contributed by atoms with van der Waals surface area (Å²) in [4.78, 5) is -0.869. The van der Waals surface area contributed by atoms with E-state index >= 15 is 0 Å². The van der Waals surface area contributed by atoms with Gasteiger partial charge in [0.05, 0.1) is 24.7 Å². The molecule has 2 aromatic carbocycles. The lowest BCUT2D eigenvalue weighted by molar-refractivity contribution is -0.139. The third kappa shape index (κ3) is 5.27. The van der Waals surface area contributed by atoms with Crippen molar-refractivity contribution in [2.75, 3.05) is 20.8 Å². The largest absolute Gasteiger partial charge is 0.493 e. The summed E-state index contributed by atoms with van der Waals surface area (Å²) in [5.74, 6) is 0.979. The highest BCUT2D eigenvalue weighted by Gasteiger charge is 2.37. The molecule has 2 aromatic rings. The molecule has 0 radical (unpaired) electrons. The molecular formula is C17H17ClF3NO4S. The second kappa shape index (κ2) is 8.37. The van der Waals surface area contributed by atoms with Crippen LogP contribution in [0.25, 0.3) is 0 Å². The highest BCUT2D eigenvalue weighted by atomic mass is 35.5. The summed E-state index contributed by atoms with van der Waals surface area (Å²) < 4.78 is 76.5. The number of ether oxygens (including phenoxy) is 2. The third-order valence-electron chi connectivity index (χ3n) is 3.69. The van der Waals surface area contributed by atoms with Crippen LogP contribution < -0.4 is 14.2 Å². The molecule has 0 saturated carbocycles. The molecule has 0 saturated heterocycles. The van der Waals surface area contributed by atoms with Gasteiger partial charge in [-0.3, -0.25) is 0 Å². The molecule has 0 bridgehead atoms. The van der Waals surface area contributed by atoms with E-state index < -0.39 is 26.7 Å². The fraction of sp³-hybridized carbons (Fsp3) is 0.294. The van der Waals surface area contributed by atoms with Crippen molar-refractivity contribution in [3.8, 4) is 11.5 Å². The maximum Gasteiger partial charge on any atom is 0.417 e. The number of sulfonamides is 1. The Morgan fingerprint density at radius 3 is 2.30 bits per heavy atom. The fourth-order valence-corrected chi connectivity index (χ4v) is 3.81. The smallest absolute Gasteiger partial charge is 0.417 e. The molecule has 148 valence electrons. The van der Waals surface area contributed by atoms with Crippen LogP contribution in [-0.4, -0.2) is 29.2 Å². The Labute approximate surface area is 160 Å². The van der Waals surface area contributed by atoms with E-state index in [9.17, 15) is 21.6 Å². The first kappa shape index (κ1) is 21.3. The Bertz CT molecular complexity index is 917. The number of benzene rings is 2. The molecule has 0 atom stereocenters. The first-order chi connectivity index (χ1) is 12.6. The number of nitrogens with one attached hydrogen (secondary N) is 1. The van der Waals surface area contributed by atoms with Crippen LogP contribution in [0.4, 0.5) is 13.2 Å². The third-order valence-corrected chi connectivity index (χ3v) is 5.44. The van der Waals surface area contributed by atoms with Crippen LogP contribution in [0.3, 0.4) is 0 Å². The Kier molecular flexibility index (Phi) is 6.61. The summed E-state index contributed by atoms with van der Waals surface area (Å²) in [6.07, 6.45) is -4.60. The number of halogens is 4. The van der Waals surface area contributed by atoms with Gasteiger partial charge in [-0.2, -0.15) is 13.2 Å². The zero-order chi connectivity index (χ0) is 20.2. The molecule has 1 N–H and O–H groups in total. The van der Waals surface area contributed by atoms with Gasteiger partial charge >= 0.3 is 6.18 Å². The van der Waals surface area contributed by atoms with E-state index in [-0.39, 0.29) is 18.0 Å². The van der Waals surface area contributed by atoms with Crippen molar-refractivity contribution in [2.45, 2.75) is 17.5 Å². The molecule has 27 heavy (non-hydrogen) atoms. The molecule has 0 aliphatic rings. The molecule has 0 aliphatic carbocycles. The molecule has 0 aromatic heterocycles. The maximum atomic E-state index is 13.1. The van der Waals surface area contributed by atoms with Gasteiger partial charge in [-0.05, 0) is 42.3 Å². The molecule has 2 rings (SSSR count). The number of rotatable bonds is 7. The molecule has 0 amide bonds. The number of methoxy groups -OCH3 is 2. The van der Waals surface area contributed by atoms with Crippen LogP contribution in [0.5, 0.6) is 11.5 Å². The van der Waals surface area contributed by atoms with E-state index in [2.05, 4.69) is 4.72 Å². The van der Waals surface area contributed by atoms with Gasteiger partial charge in [0.2, 0.25) is 10.0 Å². The van der Waals surface area contributed by atoms with Gasteiger partial charge in [0.25, 0.3) is 0 Å². The van der Waals surface area contributed by atoms with E-state index in [1.807, 2.05) is 0 Å². The number of hydrogen-bond acceptors (Lipinski definition) is 4. The quantitative estimate of drug-likeness (QED) is 0.733. The van der Waals surface area contributed by atoms with Crippen LogP contribution in [0.1, 0.15) is 11.1 Å². The molecule has 0 spiro atoms. The molecule has 0 fully saturated rings. The minimum absolute atomic E-state index is 0.0995. The standard InChI is InChI=1S/C17H17ClF3NO4S/c1-25-14-5-3-11(9-15(14)26-2)7-8-22-27(23,24)16-6-4-12(18)10-13(16)17(19,20)21/h3-6,9-10,22H,7-8H2,1-2H3. The van der Waals surface area contributed by atoms with E-state index in [0.29, 0.717) is 17.6 Å². The maximum absolute atomic E-state index is 13.1. The summed E-state index contributed by atoms with van der Waals surface area (Å²) >= 11 is 5.57. The highest BCUT2D eigenvalue weighted by molar-refractivity contribution is 7.89. The average molecular weight is 424 g/mol. The van der Waals surface area contributed by atoms with Crippen molar-refractivity contribution in [2.24, 2.45) is 0 Å². The van der Waals surface area contributed by atoms with Crippen LogP contribution >= 0.6 is 11.6 Å². The van der Waals surface area contributed by atoms with Gasteiger partial charge in [0, 0.05) is 11.6 Å². The zero-order valence-corrected chi connectivity index (χ0v) is 16.0. The normalized spacial score (nSPS) is 12.1. The Morgan fingerprint density at radius 1 is 1.04 bits per heavy atom. The Hall–Kier alpha value is -1.97. The van der Waals surface area contributed by atoms with Crippen molar-refractivity contribution >= 4 is 21.6 Å². The van der Waals surface area contributed by atoms with Gasteiger partial charge in [-0.15, -0.1) is 0 Å². The van der Waals surface area contributed by atoms with E-state index in [1.54, 1.807) is 18.2 Å². The number of alkyl halides is 3. The predicted octanol–water partition coefficient (Wildman–Crippen LogP) is 3.90. The number of hydrogen-bond donors (Lipinski definition) is 1. The summed E-state index contributed by atoms with van der Waals surface area (Å²) in [5.41, 5.74) is -0.587. The predicted molar refractivity (Wildman–Crippen MR) is 94.9 cm³/mol. The molecule has 0 heterocycles. The molecule has 10 heteroatoms. The van der Waals surface area contributed by atoms with Crippen LogP contribution in [0, 0.1) is 0 Å². The van der Waals surface area contributed by atoms with Crippen molar-refractivity contribution < 1.29 is 31.1 Å². The lowest BCUT2D eigenvalue weighted by Crippen LogP contribution is -2.28. The van der Waals surface area contributed by atoms with Gasteiger partial charge in [-0.25, -0.2) is 13.1 Å². The second-order valence-electron chi connectivity index (χ2n) is 5.48. The van der Waals surface area contributed by atoms with Crippen molar-refractivity contribution in [1.82, 2.24) is 4.72 Å². The van der Waals surface area contributed by atoms with Gasteiger partial charge < -0.3 is 9.47 Å². The zero-order valence-electron chi connectivity index (χ0n) is 14.4. The summed E-state index contributed by atoms with van der Waals surface area (Å²) in [5, 5.41) is -0.202. The van der Waals surface area contributed by atoms with E-state index in [1.165, 1.54) is 14.2 Å². The van der Waals surface area contributed by atoms with Gasteiger partial charge in [0.15, 0.2) is 11.5 Å². The minimum atomic E-state index is -4.85. The Balaban J connectivity index is 2.17. The first-order valence-electron chi connectivity index (χ1n) is 7.66. The average Bonchev–Trinajstić information content (AvgIpc) is 2.60. The first-order valence-corrected chi connectivity index (χ1v) is 9.52. The lowest BCUT2D eigenvalue weighted by atomic mass is 10.1. The van der Waals surface area contributed by atoms with Crippen LogP contribution in [-0.2, 0) is 22.6 Å². The molecular weight excluding hydrogens is 407 g/mol. The van der Waals surface area contributed by atoms with Crippen molar-refractivity contribution in [3.05, 3.63) is 52.5 Å². The summed E-state index contributed by atoms with van der Waals surface area (Å²) in [7, 11) is -1.43.